The van der Waals surface area contributed by atoms with Gasteiger partial charge in [0.05, 0.1) is 35.8 Å². The van der Waals surface area contributed by atoms with E-state index in [9.17, 15) is 5.11 Å². The van der Waals surface area contributed by atoms with E-state index in [0.29, 0.717) is 19.6 Å². The maximum Gasteiger partial charge on any atom is 0.137 e. The summed E-state index contributed by atoms with van der Waals surface area (Å²) >= 11 is 3.56. The van der Waals surface area contributed by atoms with E-state index >= 15 is 0 Å². The number of hydrogen-bond donors (Lipinski definition) is 3. The topological polar surface area (TPSA) is 109 Å². The lowest BCUT2D eigenvalue weighted by atomic mass is 9.85. The minimum atomic E-state index is -0.555. The normalized spacial score (nSPS) is 15.8. The Morgan fingerprint density at radius 2 is 2.00 bits per heavy atom. The number of nitrogens with one attached hydrogen (secondary N) is 2. The molecule has 180 valence electrons. The number of H-pyrrole nitrogens is 1. The number of nitrogens with zero attached hydrogens (tertiary/aromatic N) is 6. The summed E-state index contributed by atoms with van der Waals surface area (Å²) in [5.74, 6) is 0. The van der Waals surface area contributed by atoms with Crippen LogP contribution in [-0.4, -0.2) is 51.8 Å². The second-order valence-corrected chi connectivity index (χ2v) is 10.4. The van der Waals surface area contributed by atoms with Crippen molar-refractivity contribution in [3.63, 3.8) is 0 Å². The molecule has 35 heavy (non-hydrogen) atoms. The summed E-state index contributed by atoms with van der Waals surface area (Å²) in [4.78, 5) is 4.74. The Morgan fingerprint density at radius 3 is 2.89 bits per heavy atom. The van der Waals surface area contributed by atoms with E-state index in [1.807, 2.05) is 35.0 Å². The molecule has 0 bridgehead atoms. The minimum Gasteiger partial charge on any atom is -0.389 e. The lowest BCUT2D eigenvalue weighted by Gasteiger charge is -2.32. The number of rotatable bonds is 7. The quantitative estimate of drug-likeness (QED) is 0.290. The van der Waals surface area contributed by atoms with Gasteiger partial charge >= 0.3 is 0 Å². The van der Waals surface area contributed by atoms with Crippen molar-refractivity contribution in [3.8, 4) is 11.3 Å². The van der Waals surface area contributed by atoms with Gasteiger partial charge in [-0.3, -0.25) is 5.10 Å². The van der Waals surface area contributed by atoms with Crippen molar-refractivity contribution in [3.05, 3.63) is 64.8 Å². The van der Waals surface area contributed by atoms with Crippen LogP contribution < -0.4 is 5.32 Å². The van der Waals surface area contributed by atoms with E-state index in [1.165, 1.54) is 6.42 Å². The van der Waals surface area contributed by atoms with Crippen LogP contribution in [0.1, 0.15) is 43.4 Å². The third-order valence-corrected chi connectivity index (χ3v) is 7.25. The van der Waals surface area contributed by atoms with Crippen LogP contribution >= 0.6 is 15.9 Å². The first kappa shape index (κ1) is 22.4. The second kappa shape index (κ2) is 9.18. The van der Waals surface area contributed by atoms with Crippen LogP contribution in [0.4, 0.5) is 0 Å². The SMILES string of the molecule is OC1(CNCc2ccc3nc(Cn4cc(-c5cc(Br)cc6[nH]ncc56)nn4)cn3c2)CCCCC1. The highest BCUT2D eigenvalue weighted by molar-refractivity contribution is 9.10. The first-order valence-electron chi connectivity index (χ1n) is 12.0. The largest absolute Gasteiger partial charge is 0.389 e. The first-order valence-corrected chi connectivity index (χ1v) is 12.8. The van der Waals surface area contributed by atoms with Gasteiger partial charge in [-0.25, -0.2) is 9.67 Å². The number of hydrogen-bond acceptors (Lipinski definition) is 6. The van der Waals surface area contributed by atoms with Crippen LogP contribution in [0.5, 0.6) is 0 Å². The fourth-order valence-corrected chi connectivity index (χ4v) is 5.45. The maximum atomic E-state index is 10.7. The Bertz CT molecular complexity index is 1480. The molecule has 1 saturated carbocycles. The summed E-state index contributed by atoms with van der Waals surface area (Å²) in [6.07, 6.45) is 13.1. The van der Waals surface area contributed by atoms with Crippen LogP contribution in [0.15, 0.2) is 53.5 Å². The predicted molar refractivity (Wildman–Crippen MR) is 137 cm³/mol. The average Bonchev–Trinajstić information content (AvgIpc) is 3.58. The monoisotopic (exact) mass is 534 g/mol. The summed E-state index contributed by atoms with van der Waals surface area (Å²) in [6.45, 7) is 1.88. The molecule has 0 atom stereocenters. The van der Waals surface area contributed by atoms with Crippen LogP contribution in [0, 0.1) is 0 Å². The molecule has 4 heterocycles. The fraction of sp³-hybridized carbons (Fsp3) is 0.360. The van der Waals surface area contributed by atoms with Crippen LogP contribution in [0.3, 0.4) is 0 Å². The highest BCUT2D eigenvalue weighted by Gasteiger charge is 2.28. The standard InChI is InChI=1S/C25H27BrN8O/c26-18-8-20(21-11-28-30-22(21)9-18)23-15-34(32-31-23)14-19-13-33-12-17(4-5-24(33)29-19)10-27-16-25(35)6-2-1-3-7-25/h4-5,8-9,11-13,15,27,35H,1-3,6-7,10,14,16H2,(H,28,30). The number of halogens is 1. The average molecular weight is 535 g/mol. The summed E-state index contributed by atoms with van der Waals surface area (Å²) in [5.41, 5.74) is 5.10. The van der Waals surface area contributed by atoms with Crippen molar-refractivity contribution in [2.45, 2.75) is 50.8 Å². The second-order valence-electron chi connectivity index (χ2n) is 9.51. The first-order chi connectivity index (χ1) is 17.0. The minimum absolute atomic E-state index is 0.526. The summed E-state index contributed by atoms with van der Waals surface area (Å²) < 4.78 is 4.80. The molecule has 3 N–H and O–H groups in total. The molecule has 0 unspecified atom stereocenters. The molecule has 0 aliphatic heterocycles. The zero-order valence-electron chi connectivity index (χ0n) is 19.3. The molecule has 1 aliphatic rings. The Morgan fingerprint density at radius 1 is 1.11 bits per heavy atom. The van der Waals surface area contributed by atoms with Crippen molar-refractivity contribution < 1.29 is 5.11 Å². The van der Waals surface area contributed by atoms with E-state index in [0.717, 1.165) is 69.2 Å². The Balaban J connectivity index is 1.15. The van der Waals surface area contributed by atoms with Gasteiger partial charge in [0, 0.05) is 40.9 Å². The zero-order valence-corrected chi connectivity index (χ0v) is 20.9. The molecule has 5 aromatic rings. The van der Waals surface area contributed by atoms with Gasteiger partial charge in [-0.1, -0.05) is 46.5 Å². The molecule has 10 heteroatoms. The Hall–Kier alpha value is -3.08. The van der Waals surface area contributed by atoms with E-state index in [-0.39, 0.29) is 0 Å². The lowest BCUT2D eigenvalue weighted by Crippen LogP contribution is -2.41. The van der Waals surface area contributed by atoms with Crippen LogP contribution in [-0.2, 0) is 13.1 Å². The number of benzene rings is 1. The van der Waals surface area contributed by atoms with Crippen LogP contribution in [0.2, 0.25) is 0 Å². The lowest BCUT2D eigenvalue weighted by molar-refractivity contribution is 0.00467. The molecule has 0 spiro atoms. The summed E-state index contributed by atoms with van der Waals surface area (Å²) in [5, 5.41) is 31.0. The Labute approximate surface area is 210 Å². The molecule has 1 aliphatic carbocycles. The summed E-state index contributed by atoms with van der Waals surface area (Å²) in [7, 11) is 0. The molecular formula is C25H27BrN8O. The molecular weight excluding hydrogens is 508 g/mol. The van der Waals surface area contributed by atoms with Crippen molar-refractivity contribution in [2.75, 3.05) is 6.54 Å². The number of aromatic amines is 1. The predicted octanol–water partition coefficient (Wildman–Crippen LogP) is 4.06. The third kappa shape index (κ3) is 4.73. The number of aliphatic hydroxyl groups is 1. The summed E-state index contributed by atoms with van der Waals surface area (Å²) in [6, 6.07) is 8.13. The van der Waals surface area contributed by atoms with Gasteiger partial charge in [-0.2, -0.15) is 5.10 Å². The van der Waals surface area contributed by atoms with Gasteiger partial charge in [-0.15, -0.1) is 5.10 Å². The molecule has 1 fully saturated rings. The highest BCUT2D eigenvalue weighted by Crippen LogP contribution is 2.30. The van der Waals surface area contributed by atoms with Gasteiger partial charge in [-0.05, 0) is 36.6 Å². The van der Waals surface area contributed by atoms with Crippen molar-refractivity contribution in [1.82, 2.24) is 39.9 Å². The van der Waals surface area contributed by atoms with Crippen molar-refractivity contribution in [2.24, 2.45) is 0 Å². The molecule has 1 aromatic carbocycles. The Kier molecular flexibility index (Phi) is 5.87. The molecule has 0 amide bonds. The van der Waals surface area contributed by atoms with E-state index in [2.05, 4.69) is 54.0 Å². The third-order valence-electron chi connectivity index (χ3n) is 6.79. The maximum absolute atomic E-state index is 10.7. The fourth-order valence-electron chi connectivity index (χ4n) is 4.99. The number of aromatic nitrogens is 7. The molecule has 0 saturated heterocycles. The van der Waals surface area contributed by atoms with Gasteiger partial charge < -0.3 is 14.8 Å². The number of fused-ring (bicyclic) bond motifs is 2. The van der Waals surface area contributed by atoms with Gasteiger partial charge in [0.25, 0.3) is 0 Å². The van der Waals surface area contributed by atoms with Gasteiger partial charge in [0.1, 0.15) is 11.3 Å². The molecule has 0 radical (unpaired) electrons. The van der Waals surface area contributed by atoms with Crippen molar-refractivity contribution >= 4 is 32.5 Å². The molecule has 4 aromatic heterocycles. The molecule has 9 nitrogen and oxygen atoms in total. The van der Waals surface area contributed by atoms with E-state index in [1.54, 1.807) is 10.9 Å². The van der Waals surface area contributed by atoms with Gasteiger partial charge in [0.15, 0.2) is 0 Å². The van der Waals surface area contributed by atoms with E-state index < -0.39 is 5.60 Å². The van der Waals surface area contributed by atoms with Crippen molar-refractivity contribution in [1.29, 1.82) is 0 Å². The van der Waals surface area contributed by atoms with Crippen LogP contribution in [0.25, 0.3) is 27.8 Å². The van der Waals surface area contributed by atoms with Gasteiger partial charge in [0.2, 0.25) is 0 Å². The number of pyridine rings is 1. The smallest absolute Gasteiger partial charge is 0.137 e. The highest BCUT2D eigenvalue weighted by atomic mass is 79.9. The molecule has 6 rings (SSSR count). The number of imidazole rings is 1. The van der Waals surface area contributed by atoms with E-state index in [4.69, 9.17) is 4.98 Å². The zero-order chi connectivity index (χ0) is 23.8.